The molecule has 0 spiro atoms. The van der Waals surface area contributed by atoms with E-state index in [0.717, 1.165) is 0 Å². The van der Waals surface area contributed by atoms with E-state index in [1.165, 1.54) is 4.74 Å². The summed E-state index contributed by atoms with van der Waals surface area (Å²) in [6.45, 7) is -3.92. The van der Waals surface area contributed by atoms with E-state index in [9.17, 15) is 87.4 Å². The molecular formula is C9H2F18O4S. The van der Waals surface area contributed by atoms with E-state index in [4.69, 9.17) is 0 Å². The molecule has 0 aromatic rings. The summed E-state index contributed by atoms with van der Waals surface area (Å²) in [7, 11) is -7.23. The fourth-order valence-electron chi connectivity index (χ4n) is 1.59. The first-order valence-electron chi connectivity index (χ1n) is 6.41. The highest BCUT2D eigenvalue weighted by atomic mass is 32.2. The highest BCUT2D eigenvalue weighted by Crippen LogP contribution is 2.67. The zero-order valence-corrected chi connectivity index (χ0v) is 14.4. The summed E-state index contributed by atoms with van der Waals surface area (Å²) in [5.41, 5.74) is -15.2. The Morgan fingerprint density at radius 2 is 0.844 bits per heavy atom. The highest BCUT2D eigenvalue weighted by Gasteiger charge is 2.95. The van der Waals surface area contributed by atoms with E-state index in [1.54, 1.807) is 0 Å². The van der Waals surface area contributed by atoms with Gasteiger partial charge in [0.25, 0.3) is 0 Å². The van der Waals surface area contributed by atoms with E-state index in [2.05, 4.69) is 4.18 Å². The molecule has 0 N–H and O–H groups in total. The van der Waals surface area contributed by atoms with Gasteiger partial charge in [0.1, 0.15) is 6.61 Å². The first-order valence-corrected chi connectivity index (χ1v) is 7.81. The van der Waals surface area contributed by atoms with Gasteiger partial charge < -0.3 is 0 Å². The van der Waals surface area contributed by atoms with Crippen LogP contribution in [0.1, 0.15) is 0 Å². The average molecular weight is 548 g/mol. The summed E-state index contributed by atoms with van der Waals surface area (Å²) in [5.74, 6) is -6.97. The van der Waals surface area contributed by atoms with E-state index >= 15 is 0 Å². The first kappa shape index (κ1) is 30.6. The van der Waals surface area contributed by atoms with Gasteiger partial charge in [-0.25, -0.2) is 4.74 Å². The van der Waals surface area contributed by atoms with Gasteiger partial charge in [0.2, 0.25) is 0 Å². The van der Waals surface area contributed by atoms with Crippen LogP contribution < -0.4 is 0 Å². The molecule has 0 heterocycles. The molecule has 0 aliphatic heterocycles. The molecule has 32 heavy (non-hydrogen) atoms. The molecule has 0 aromatic carbocycles. The summed E-state index contributed by atoms with van der Waals surface area (Å²) >= 11 is 0. The van der Waals surface area contributed by atoms with Crippen molar-refractivity contribution in [3.8, 4) is 0 Å². The van der Waals surface area contributed by atoms with Crippen molar-refractivity contribution in [2.24, 2.45) is 5.41 Å². The normalized spacial score (nSPS) is 16.4. The molecule has 0 saturated heterocycles. The maximum atomic E-state index is 13.4. The zero-order chi connectivity index (χ0) is 26.6. The van der Waals surface area contributed by atoms with Crippen molar-refractivity contribution in [2.45, 2.75) is 42.2 Å². The van der Waals surface area contributed by atoms with Crippen LogP contribution in [0.5, 0.6) is 0 Å². The number of alkyl halides is 18. The Labute approximate surface area is 162 Å². The monoisotopic (exact) mass is 548 g/mol. The summed E-state index contributed by atoms with van der Waals surface area (Å²) < 4.78 is 252. The van der Waals surface area contributed by atoms with Crippen molar-refractivity contribution in [3.05, 3.63) is 0 Å². The third-order valence-corrected chi connectivity index (χ3v) is 4.07. The summed E-state index contributed by atoms with van der Waals surface area (Å²) in [6, 6.07) is 0. The van der Waals surface area contributed by atoms with Gasteiger partial charge in [0.15, 0.2) is 0 Å². The topological polar surface area (TPSA) is 52.6 Å². The molecule has 0 atom stereocenters. The zero-order valence-electron chi connectivity index (χ0n) is 13.6. The largest absolute Gasteiger partial charge is 0.523 e. The van der Waals surface area contributed by atoms with Gasteiger partial charge in [-0.2, -0.15) is 87.4 Å². The van der Waals surface area contributed by atoms with E-state index in [1.807, 2.05) is 0 Å². The number of ether oxygens (including phenoxy) is 1. The minimum absolute atomic E-state index is 1.25. The minimum atomic E-state index is -8.56. The Morgan fingerprint density at radius 3 is 1.09 bits per heavy atom. The van der Waals surface area contributed by atoms with Gasteiger partial charge in [-0.3, -0.25) is 4.18 Å². The van der Waals surface area contributed by atoms with Crippen molar-refractivity contribution in [3.63, 3.8) is 0 Å². The summed E-state index contributed by atoms with van der Waals surface area (Å²) in [5, 5.41) is 0. The van der Waals surface area contributed by atoms with Gasteiger partial charge in [0, 0.05) is 0 Å². The van der Waals surface area contributed by atoms with E-state index in [0.29, 0.717) is 0 Å². The molecule has 0 aromatic heterocycles. The fourth-order valence-corrected chi connectivity index (χ4v) is 2.03. The smallest absolute Gasteiger partial charge is 0.256 e. The second-order valence-electron chi connectivity index (χ2n) is 5.25. The van der Waals surface area contributed by atoms with Crippen LogP contribution >= 0.6 is 0 Å². The molecule has 194 valence electrons. The predicted octanol–water partition coefficient (Wildman–Crippen LogP) is 5.36. The lowest BCUT2D eigenvalue weighted by molar-refractivity contribution is -0.550. The van der Waals surface area contributed by atoms with E-state index < -0.39 is 64.3 Å². The lowest BCUT2D eigenvalue weighted by Crippen LogP contribution is -2.71. The molecule has 0 unspecified atom stereocenters. The maximum absolute atomic E-state index is 13.4. The second kappa shape index (κ2) is 7.84. The van der Waals surface area contributed by atoms with Crippen LogP contribution in [0.3, 0.4) is 0 Å². The Kier molecular flexibility index (Phi) is 7.50. The molecule has 0 saturated carbocycles. The Balaban J connectivity index is 6.50. The molecule has 0 aliphatic carbocycles. The molecule has 0 aliphatic rings. The van der Waals surface area contributed by atoms with Gasteiger partial charge in [0.05, 0.1) is 0 Å². The minimum Gasteiger partial charge on any atom is -0.256 e. The Hall–Kier alpha value is -1.39. The van der Waals surface area contributed by atoms with Crippen molar-refractivity contribution >= 4 is 10.1 Å². The standard InChI is InChI=1S/C9H2F18O4S/c10-2(11,1-30-32(28,29)9(25,26)27)7(21,22)31-8(23,24)3(4(12,13)14,5(15,16)17)6(18,19)20/h1H2. The second-order valence-corrected chi connectivity index (χ2v) is 6.85. The van der Waals surface area contributed by atoms with Crippen LogP contribution in [-0.2, 0) is 19.0 Å². The van der Waals surface area contributed by atoms with Crippen molar-refractivity contribution in [2.75, 3.05) is 6.61 Å². The van der Waals surface area contributed by atoms with Crippen molar-refractivity contribution in [1.82, 2.24) is 0 Å². The quantitative estimate of drug-likeness (QED) is 0.244. The maximum Gasteiger partial charge on any atom is 0.523 e. The number of rotatable bonds is 7. The summed E-state index contributed by atoms with van der Waals surface area (Å²) in [4.78, 5) is 0. The fraction of sp³-hybridized carbons (Fsp3) is 1.00. The van der Waals surface area contributed by atoms with Gasteiger partial charge in [-0.05, 0) is 0 Å². The molecule has 0 radical (unpaired) electrons. The summed E-state index contributed by atoms with van der Waals surface area (Å²) in [6.07, 6.45) is -40.9. The van der Waals surface area contributed by atoms with Crippen molar-refractivity contribution < 1.29 is 96.4 Å². The molecular weight excluding hydrogens is 546 g/mol. The third kappa shape index (κ3) is 5.07. The molecule has 0 rings (SSSR count). The number of hydrogen-bond acceptors (Lipinski definition) is 4. The van der Waals surface area contributed by atoms with Gasteiger partial charge in [-0.15, -0.1) is 0 Å². The lowest BCUT2D eigenvalue weighted by Gasteiger charge is -2.43. The molecule has 0 fully saturated rings. The van der Waals surface area contributed by atoms with Gasteiger partial charge in [-0.1, -0.05) is 0 Å². The first-order chi connectivity index (χ1) is 13.4. The molecule has 0 bridgehead atoms. The van der Waals surface area contributed by atoms with E-state index in [-0.39, 0.29) is 0 Å². The lowest BCUT2D eigenvalue weighted by atomic mass is 9.83. The number of hydrogen-bond donors (Lipinski definition) is 0. The third-order valence-electron chi connectivity index (χ3n) is 3.07. The Bertz CT molecular complexity index is 732. The van der Waals surface area contributed by atoms with Gasteiger partial charge >= 0.3 is 57.7 Å². The van der Waals surface area contributed by atoms with Crippen LogP contribution in [0.15, 0.2) is 0 Å². The van der Waals surface area contributed by atoms with Crippen molar-refractivity contribution in [1.29, 1.82) is 0 Å². The SMILES string of the molecule is O=S(=O)(OCC(F)(F)C(F)(F)OC(F)(F)C(C(F)(F)F)(C(F)(F)F)C(F)(F)F)C(F)(F)F. The molecule has 23 heteroatoms. The molecule has 4 nitrogen and oxygen atoms in total. The van der Waals surface area contributed by atoms with Crippen LogP contribution in [0.2, 0.25) is 0 Å². The predicted molar refractivity (Wildman–Crippen MR) is 57.5 cm³/mol. The van der Waals surface area contributed by atoms with Crippen LogP contribution in [-0.4, -0.2) is 57.2 Å². The highest BCUT2D eigenvalue weighted by molar-refractivity contribution is 7.87. The average Bonchev–Trinajstić information content (AvgIpc) is 2.37. The molecule has 0 amide bonds. The Morgan fingerprint density at radius 1 is 0.531 bits per heavy atom. The van der Waals surface area contributed by atoms with Crippen LogP contribution in [0.25, 0.3) is 0 Å². The number of halogens is 18. The van der Waals surface area contributed by atoms with Crippen LogP contribution in [0, 0.1) is 5.41 Å². The van der Waals surface area contributed by atoms with Crippen LogP contribution in [0.4, 0.5) is 79.0 Å².